The van der Waals surface area contributed by atoms with Gasteiger partial charge in [-0.1, -0.05) is 102 Å². The smallest absolute Gasteiger partial charge is 0.308 e. The summed E-state index contributed by atoms with van der Waals surface area (Å²) in [4.78, 5) is 12.5. The van der Waals surface area contributed by atoms with E-state index in [1.807, 2.05) is 12.1 Å². The van der Waals surface area contributed by atoms with Crippen LogP contribution in [0.3, 0.4) is 0 Å². The van der Waals surface area contributed by atoms with Crippen LogP contribution in [0.1, 0.15) is 54.4 Å². The lowest BCUT2D eigenvalue weighted by atomic mass is 10.00. The second kappa shape index (κ2) is 10.9. The van der Waals surface area contributed by atoms with E-state index < -0.39 is 34.9 Å². The zero-order chi connectivity index (χ0) is 26.8. The van der Waals surface area contributed by atoms with E-state index in [4.69, 9.17) is 13.6 Å². The maximum atomic E-state index is 12.5. The number of benzene rings is 2. The minimum atomic E-state index is -2.70. The van der Waals surface area contributed by atoms with Gasteiger partial charge in [0.2, 0.25) is 0 Å². The van der Waals surface area contributed by atoms with Crippen molar-refractivity contribution >= 4 is 33.0 Å². The lowest BCUT2D eigenvalue weighted by Gasteiger charge is -2.44. The summed E-state index contributed by atoms with van der Waals surface area (Å²) in [5, 5.41) is 13.4. The van der Waals surface area contributed by atoms with E-state index in [1.165, 1.54) is 10.4 Å². The fourth-order valence-electron chi connectivity index (χ4n) is 4.80. The topological polar surface area (TPSA) is 65.0 Å². The Hall–Kier alpha value is -1.78. The van der Waals surface area contributed by atoms with Gasteiger partial charge in [0, 0.05) is 13.0 Å². The van der Waals surface area contributed by atoms with E-state index in [2.05, 4.69) is 103 Å². The number of hydrogen-bond acceptors (Lipinski definition) is 5. The van der Waals surface area contributed by atoms with Gasteiger partial charge >= 0.3 is 5.97 Å². The standard InChI is InChI=1S/C29H44O5Si2/c1-28(2,3)35(7,8)34-25-21-26(30)33-24(27(25)31)19-20-32-36(29(4,5)6,22-15-11-9-12-16-22)23-17-13-10-14-18-23/h9-18,24-25,27,31H,19-21H2,1-8H3/t24-,25+,27+/m1/s1. The summed E-state index contributed by atoms with van der Waals surface area (Å²) in [6.07, 6.45) is -1.59. The average molecular weight is 529 g/mol. The first kappa shape index (κ1) is 28.8. The monoisotopic (exact) mass is 528 g/mol. The minimum Gasteiger partial charge on any atom is -0.459 e. The van der Waals surface area contributed by atoms with Crippen molar-refractivity contribution in [1.29, 1.82) is 0 Å². The number of rotatable bonds is 8. The van der Waals surface area contributed by atoms with Gasteiger partial charge in [-0.15, -0.1) is 0 Å². The van der Waals surface area contributed by atoms with Crippen LogP contribution in [0, 0.1) is 0 Å². The van der Waals surface area contributed by atoms with E-state index in [0.717, 1.165) is 0 Å². The van der Waals surface area contributed by atoms with Gasteiger partial charge in [-0.2, -0.15) is 0 Å². The number of ether oxygens (including phenoxy) is 1. The van der Waals surface area contributed by atoms with Crippen LogP contribution in [0.2, 0.25) is 23.2 Å². The Labute approximate surface area is 219 Å². The van der Waals surface area contributed by atoms with Crippen molar-refractivity contribution in [3.05, 3.63) is 60.7 Å². The van der Waals surface area contributed by atoms with Crippen molar-refractivity contribution in [2.24, 2.45) is 0 Å². The van der Waals surface area contributed by atoms with Crippen molar-refractivity contribution in [3.8, 4) is 0 Å². The van der Waals surface area contributed by atoms with Gasteiger partial charge in [0.15, 0.2) is 8.32 Å². The van der Waals surface area contributed by atoms with Crippen molar-refractivity contribution in [2.45, 2.75) is 95.9 Å². The van der Waals surface area contributed by atoms with Gasteiger partial charge in [-0.3, -0.25) is 4.79 Å². The molecular weight excluding hydrogens is 484 g/mol. The van der Waals surface area contributed by atoms with E-state index in [-0.39, 0.29) is 22.5 Å². The van der Waals surface area contributed by atoms with Gasteiger partial charge in [0.05, 0.1) is 12.5 Å². The normalized spacial score (nSPS) is 21.8. The van der Waals surface area contributed by atoms with Gasteiger partial charge in [-0.05, 0) is 33.5 Å². The maximum absolute atomic E-state index is 12.5. The second-order valence-electron chi connectivity index (χ2n) is 12.4. The molecule has 0 saturated carbocycles. The molecule has 7 heteroatoms. The quantitative estimate of drug-likeness (QED) is 0.385. The Morgan fingerprint density at radius 1 is 0.889 bits per heavy atom. The summed E-state index contributed by atoms with van der Waals surface area (Å²) in [7, 11) is -4.86. The summed E-state index contributed by atoms with van der Waals surface area (Å²) in [5.41, 5.74) is 0. The lowest BCUT2D eigenvalue weighted by molar-refractivity contribution is -0.177. The highest BCUT2D eigenvalue weighted by Crippen LogP contribution is 2.40. The third-order valence-corrected chi connectivity index (χ3v) is 17.3. The third-order valence-electron chi connectivity index (χ3n) is 7.80. The molecule has 1 N–H and O–H groups in total. The summed E-state index contributed by atoms with van der Waals surface area (Å²) in [6.45, 7) is 17.8. The van der Waals surface area contributed by atoms with Crippen LogP contribution < -0.4 is 10.4 Å². The van der Waals surface area contributed by atoms with Gasteiger partial charge in [0.1, 0.15) is 12.2 Å². The molecule has 0 aliphatic carbocycles. The number of aliphatic hydroxyl groups excluding tert-OH is 1. The van der Waals surface area contributed by atoms with Crippen LogP contribution in [-0.2, 0) is 18.4 Å². The third kappa shape index (κ3) is 6.02. The van der Waals surface area contributed by atoms with E-state index >= 15 is 0 Å². The van der Waals surface area contributed by atoms with Gasteiger partial charge in [-0.25, -0.2) is 0 Å². The van der Waals surface area contributed by atoms with Crippen LogP contribution in [0.5, 0.6) is 0 Å². The van der Waals surface area contributed by atoms with Crippen LogP contribution >= 0.6 is 0 Å². The Bertz CT molecular complexity index is 956. The van der Waals surface area contributed by atoms with Crippen molar-refractivity contribution in [2.75, 3.05) is 6.61 Å². The van der Waals surface area contributed by atoms with E-state index in [9.17, 15) is 9.90 Å². The Balaban J connectivity index is 1.84. The molecule has 5 nitrogen and oxygen atoms in total. The molecule has 2 aromatic carbocycles. The molecule has 36 heavy (non-hydrogen) atoms. The number of cyclic esters (lactones) is 1. The van der Waals surface area contributed by atoms with Crippen molar-refractivity contribution in [3.63, 3.8) is 0 Å². The first-order chi connectivity index (χ1) is 16.7. The molecule has 1 aliphatic heterocycles. The number of carbonyl (C=O) groups excluding carboxylic acids is 1. The van der Waals surface area contributed by atoms with Crippen LogP contribution in [0.4, 0.5) is 0 Å². The van der Waals surface area contributed by atoms with E-state index in [0.29, 0.717) is 13.0 Å². The fraction of sp³-hybridized carbons (Fsp3) is 0.552. The Kier molecular flexibility index (Phi) is 8.73. The molecule has 3 atom stereocenters. The zero-order valence-corrected chi connectivity index (χ0v) is 25.2. The van der Waals surface area contributed by atoms with E-state index in [1.54, 1.807) is 0 Å². The number of hydrogen-bond donors (Lipinski definition) is 1. The molecule has 0 unspecified atom stereocenters. The second-order valence-corrected chi connectivity index (χ2v) is 21.5. The highest BCUT2D eigenvalue weighted by Gasteiger charge is 2.51. The Morgan fingerprint density at radius 3 is 1.83 bits per heavy atom. The highest BCUT2D eigenvalue weighted by molar-refractivity contribution is 6.99. The maximum Gasteiger partial charge on any atom is 0.308 e. The molecule has 0 radical (unpaired) electrons. The van der Waals surface area contributed by atoms with Crippen molar-refractivity contribution < 1.29 is 23.5 Å². The lowest BCUT2D eigenvalue weighted by Crippen LogP contribution is -2.66. The molecule has 198 valence electrons. The summed E-state index contributed by atoms with van der Waals surface area (Å²) < 4.78 is 19.0. The first-order valence-corrected chi connectivity index (χ1v) is 17.8. The summed E-state index contributed by atoms with van der Waals surface area (Å²) in [5.74, 6) is -0.320. The molecule has 1 fully saturated rings. The van der Waals surface area contributed by atoms with Gasteiger partial charge < -0.3 is 18.7 Å². The summed E-state index contributed by atoms with van der Waals surface area (Å²) in [6, 6.07) is 20.9. The molecule has 0 bridgehead atoms. The number of aliphatic hydroxyl groups is 1. The van der Waals surface area contributed by atoms with Gasteiger partial charge in [0.25, 0.3) is 8.32 Å². The first-order valence-electron chi connectivity index (χ1n) is 13.0. The zero-order valence-electron chi connectivity index (χ0n) is 23.2. The molecule has 1 aliphatic rings. The molecule has 0 amide bonds. The predicted octanol–water partition coefficient (Wildman–Crippen LogP) is 5.02. The molecule has 2 aromatic rings. The SMILES string of the molecule is CC(C)(C)[Si](C)(C)O[C@H]1CC(=O)O[C@H](CCO[Si](c2ccccc2)(c2ccccc2)C(C)(C)C)[C@@H]1O. The highest BCUT2D eigenvalue weighted by atomic mass is 28.4. The molecule has 3 rings (SSSR count). The minimum absolute atomic E-state index is 0.0179. The largest absolute Gasteiger partial charge is 0.459 e. The molecular formula is C29H44O5Si2. The molecule has 0 spiro atoms. The van der Waals surface area contributed by atoms with Crippen LogP contribution in [0.15, 0.2) is 60.7 Å². The van der Waals surface area contributed by atoms with Crippen LogP contribution in [-0.4, -0.2) is 52.6 Å². The molecule has 1 saturated heterocycles. The number of carbonyl (C=O) groups is 1. The fourth-order valence-corrected chi connectivity index (χ4v) is 10.7. The average Bonchev–Trinajstić information content (AvgIpc) is 2.79. The summed E-state index contributed by atoms with van der Waals surface area (Å²) >= 11 is 0. The molecule has 1 heterocycles. The predicted molar refractivity (Wildman–Crippen MR) is 151 cm³/mol. The molecule has 0 aromatic heterocycles. The van der Waals surface area contributed by atoms with Crippen LogP contribution in [0.25, 0.3) is 0 Å². The Morgan fingerprint density at radius 2 is 1.39 bits per heavy atom. The van der Waals surface area contributed by atoms with Crippen molar-refractivity contribution in [1.82, 2.24) is 0 Å². The number of esters is 1.